The fraction of sp³-hybridized carbons (Fsp3) is 0.143. The van der Waals surface area contributed by atoms with Crippen LogP contribution in [0.25, 0.3) is 0 Å². The molecular formula is C14H14O3S. The number of hydrogen-bond donors (Lipinski definition) is 0. The molecule has 0 fully saturated rings. The third kappa shape index (κ3) is 2.90. The van der Waals surface area contributed by atoms with E-state index in [1.54, 1.807) is 14.2 Å². The first kappa shape index (κ1) is 12.6. The standard InChI is InChI=1S/C14H14O3S/c1-15-12-9-6-10-13(14(12)16-2)17-18-11-7-4-3-5-8-11/h3-10H,1-2H3. The molecule has 0 aliphatic heterocycles. The Morgan fingerprint density at radius 3 is 2.17 bits per heavy atom. The van der Waals surface area contributed by atoms with Crippen LogP contribution in [0.1, 0.15) is 0 Å². The Bertz CT molecular complexity index is 500. The van der Waals surface area contributed by atoms with Gasteiger partial charge in [-0.3, -0.25) is 0 Å². The Morgan fingerprint density at radius 2 is 1.50 bits per heavy atom. The fourth-order valence-corrected chi connectivity index (χ4v) is 2.08. The highest BCUT2D eigenvalue weighted by atomic mass is 32.2. The second-order valence-electron chi connectivity index (χ2n) is 3.47. The molecule has 0 amide bonds. The number of methoxy groups -OCH3 is 2. The summed E-state index contributed by atoms with van der Waals surface area (Å²) in [5.41, 5.74) is 0. The van der Waals surface area contributed by atoms with Crippen molar-refractivity contribution in [1.82, 2.24) is 0 Å². The summed E-state index contributed by atoms with van der Waals surface area (Å²) in [6, 6.07) is 15.4. The first-order valence-corrected chi connectivity index (χ1v) is 6.20. The molecule has 0 aliphatic carbocycles. The average Bonchev–Trinajstić information content (AvgIpc) is 2.45. The molecule has 0 saturated heterocycles. The Labute approximate surface area is 111 Å². The monoisotopic (exact) mass is 262 g/mol. The van der Waals surface area contributed by atoms with E-state index in [-0.39, 0.29) is 0 Å². The van der Waals surface area contributed by atoms with Crippen molar-refractivity contribution in [2.24, 2.45) is 0 Å². The molecule has 2 rings (SSSR count). The van der Waals surface area contributed by atoms with E-state index in [9.17, 15) is 0 Å². The molecule has 0 radical (unpaired) electrons. The minimum absolute atomic E-state index is 0.600. The third-order valence-electron chi connectivity index (χ3n) is 2.34. The van der Waals surface area contributed by atoms with Crippen LogP contribution in [0.4, 0.5) is 0 Å². The van der Waals surface area contributed by atoms with Crippen LogP contribution in [-0.2, 0) is 0 Å². The molecule has 2 aromatic rings. The second kappa shape index (κ2) is 6.21. The van der Waals surface area contributed by atoms with Crippen molar-refractivity contribution in [2.75, 3.05) is 14.2 Å². The molecule has 4 heteroatoms. The Hall–Kier alpha value is -1.81. The molecule has 0 spiro atoms. The highest BCUT2D eigenvalue weighted by Gasteiger charge is 2.11. The third-order valence-corrected chi connectivity index (χ3v) is 3.07. The van der Waals surface area contributed by atoms with Crippen LogP contribution in [0, 0.1) is 0 Å². The summed E-state index contributed by atoms with van der Waals surface area (Å²) >= 11 is 1.29. The maximum absolute atomic E-state index is 5.67. The largest absolute Gasteiger partial charge is 0.493 e. The van der Waals surface area contributed by atoms with Crippen molar-refractivity contribution in [3.63, 3.8) is 0 Å². The van der Waals surface area contributed by atoms with Gasteiger partial charge >= 0.3 is 0 Å². The van der Waals surface area contributed by atoms with E-state index in [0.29, 0.717) is 17.2 Å². The van der Waals surface area contributed by atoms with Gasteiger partial charge in [-0.2, -0.15) is 0 Å². The molecule has 0 N–H and O–H groups in total. The highest BCUT2D eigenvalue weighted by molar-refractivity contribution is 7.95. The topological polar surface area (TPSA) is 27.7 Å². The molecule has 3 nitrogen and oxygen atoms in total. The normalized spacial score (nSPS) is 9.89. The van der Waals surface area contributed by atoms with E-state index in [1.165, 1.54) is 12.0 Å². The molecule has 0 aromatic heterocycles. The summed E-state index contributed by atoms with van der Waals surface area (Å²) in [6.45, 7) is 0. The molecule has 2 aromatic carbocycles. The van der Waals surface area contributed by atoms with Crippen molar-refractivity contribution >= 4 is 12.0 Å². The first-order chi connectivity index (χ1) is 8.85. The van der Waals surface area contributed by atoms with E-state index in [1.807, 2.05) is 48.5 Å². The minimum atomic E-state index is 0.600. The van der Waals surface area contributed by atoms with Gasteiger partial charge in [0, 0.05) is 4.90 Å². The lowest BCUT2D eigenvalue weighted by atomic mass is 10.3. The van der Waals surface area contributed by atoms with E-state index in [2.05, 4.69) is 0 Å². The lowest BCUT2D eigenvalue weighted by Crippen LogP contribution is -1.93. The zero-order chi connectivity index (χ0) is 12.8. The van der Waals surface area contributed by atoms with E-state index in [4.69, 9.17) is 13.7 Å². The number of rotatable bonds is 5. The Kier molecular flexibility index (Phi) is 4.36. The summed E-state index contributed by atoms with van der Waals surface area (Å²) in [6.07, 6.45) is 0. The van der Waals surface area contributed by atoms with Crippen LogP contribution >= 0.6 is 12.0 Å². The molecular weight excluding hydrogens is 248 g/mol. The maximum Gasteiger partial charge on any atom is 0.204 e. The number of para-hydroxylation sites is 1. The predicted molar refractivity (Wildman–Crippen MR) is 72.5 cm³/mol. The molecule has 94 valence electrons. The predicted octanol–water partition coefficient (Wildman–Crippen LogP) is 3.79. The number of benzene rings is 2. The summed E-state index contributed by atoms with van der Waals surface area (Å²) < 4.78 is 16.2. The lowest BCUT2D eigenvalue weighted by molar-refractivity contribution is 0.346. The van der Waals surface area contributed by atoms with Gasteiger partial charge in [0.2, 0.25) is 5.75 Å². The maximum atomic E-state index is 5.67. The number of hydrogen-bond acceptors (Lipinski definition) is 4. The fourth-order valence-electron chi connectivity index (χ4n) is 1.49. The van der Waals surface area contributed by atoms with Crippen LogP contribution in [0.2, 0.25) is 0 Å². The van der Waals surface area contributed by atoms with Crippen molar-refractivity contribution in [2.45, 2.75) is 4.90 Å². The first-order valence-electron chi connectivity index (χ1n) is 5.45. The summed E-state index contributed by atoms with van der Waals surface area (Å²) in [4.78, 5) is 1.03. The molecule has 0 aliphatic rings. The van der Waals surface area contributed by atoms with Gasteiger partial charge in [0.1, 0.15) is 0 Å². The Balaban J connectivity index is 2.14. The Morgan fingerprint density at radius 1 is 0.778 bits per heavy atom. The lowest BCUT2D eigenvalue weighted by Gasteiger charge is -2.12. The van der Waals surface area contributed by atoms with E-state index >= 15 is 0 Å². The van der Waals surface area contributed by atoms with Gasteiger partial charge in [-0.15, -0.1) is 0 Å². The van der Waals surface area contributed by atoms with Crippen molar-refractivity contribution < 1.29 is 13.7 Å². The summed E-state index contributed by atoms with van der Waals surface area (Å²) in [5, 5.41) is 0. The molecule has 0 unspecified atom stereocenters. The van der Waals surface area contributed by atoms with Crippen LogP contribution in [0.5, 0.6) is 17.2 Å². The SMILES string of the molecule is COc1cccc(OSc2ccccc2)c1OC. The van der Waals surface area contributed by atoms with Crippen LogP contribution < -0.4 is 13.7 Å². The zero-order valence-electron chi connectivity index (χ0n) is 10.3. The van der Waals surface area contributed by atoms with Crippen molar-refractivity contribution in [3.05, 3.63) is 48.5 Å². The van der Waals surface area contributed by atoms with Crippen molar-refractivity contribution in [3.8, 4) is 17.2 Å². The summed E-state index contributed by atoms with van der Waals surface area (Å²) in [7, 11) is 3.20. The minimum Gasteiger partial charge on any atom is -0.493 e. The molecule has 18 heavy (non-hydrogen) atoms. The summed E-state index contributed by atoms with van der Waals surface area (Å²) in [5.74, 6) is 1.90. The van der Waals surface area contributed by atoms with Crippen molar-refractivity contribution in [1.29, 1.82) is 0 Å². The van der Waals surface area contributed by atoms with Gasteiger partial charge in [0.25, 0.3) is 0 Å². The van der Waals surface area contributed by atoms with Gasteiger partial charge in [0.15, 0.2) is 11.5 Å². The molecule has 0 bridgehead atoms. The van der Waals surface area contributed by atoms with Gasteiger partial charge in [-0.1, -0.05) is 24.3 Å². The molecule has 0 atom stereocenters. The van der Waals surface area contributed by atoms with Gasteiger partial charge in [-0.25, -0.2) is 0 Å². The zero-order valence-corrected chi connectivity index (χ0v) is 11.1. The van der Waals surface area contributed by atoms with E-state index < -0.39 is 0 Å². The molecule has 0 saturated carbocycles. The van der Waals surface area contributed by atoms with Gasteiger partial charge < -0.3 is 13.7 Å². The second-order valence-corrected chi connectivity index (χ2v) is 4.28. The highest BCUT2D eigenvalue weighted by Crippen LogP contribution is 2.39. The van der Waals surface area contributed by atoms with Crippen LogP contribution in [0.15, 0.2) is 53.4 Å². The van der Waals surface area contributed by atoms with Crippen LogP contribution in [0.3, 0.4) is 0 Å². The van der Waals surface area contributed by atoms with Crippen LogP contribution in [-0.4, -0.2) is 14.2 Å². The quantitative estimate of drug-likeness (QED) is 0.766. The van der Waals surface area contributed by atoms with Gasteiger partial charge in [0.05, 0.1) is 26.3 Å². The van der Waals surface area contributed by atoms with E-state index in [0.717, 1.165) is 4.90 Å². The molecule has 0 heterocycles. The number of ether oxygens (including phenoxy) is 2. The smallest absolute Gasteiger partial charge is 0.204 e. The average molecular weight is 262 g/mol. The van der Waals surface area contributed by atoms with Gasteiger partial charge in [-0.05, 0) is 24.3 Å².